The van der Waals surface area contributed by atoms with Gasteiger partial charge in [-0.2, -0.15) is 0 Å². The van der Waals surface area contributed by atoms with Crippen molar-refractivity contribution in [2.45, 2.75) is 25.9 Å². The number of rotatable bonds is 3. The molecule has 78 valence electrons. The van der Waals surface area contributed by atoms with Crippen molar-refractivity contribution in [1.29, 1.82) is 0 Å². The summed E-state index contributed by atoms with van der Waals surface area (Å²) in [6, 6.07) is 0. The molecule has 4 nitrogen and oxygen atoms in total. The lowest BCUT2D eigenvalue weighted by atomic mass is 10.3. The Morgan fingerprint density at radius 1 is 1.43 bits per heavy atom. The van der Waals surface area contributed by atoms with Gasteiger partial charge in [-0.15, -0.1) is 0 Å². The highest BCUT2D eigenvalue weighted by Gasteiger charge is 2.26. The Morgan fingerprint density at radius 3 is 2.43 bits per heavy atom. The molecule has 1 rings (SSSR count). The number of esters is 1. The van der Waals surface area contributed by atoms with Crippen molar-refractivity contribution in [1.82, 2.24) is 4.90 Å². The zero-order chi connectivity index (χ0) is 10.6. The van der Waals surface area contributed by atoms with E-state index in [1.54, 1.807) is 4.90 Å². The highest BCUT2D eigenvalue weighted by molar-refractivity contribution is 5.85. The number of likely N-dealkylation sites (tertiary alicyclic amines) is 1. The molecular formula is C10H15NO3. The molecule has 0 saturated carbocycles. The van der Waals surface area contributed by atoms with Crippen LogP contribution in [0, 0.1) is 0 Å². The normalized spacial score (nSPS) is 17.6. The monoisotopic (exact) mass is 197 g/mol. The summed E-state index contributed by atoms with van der Waals surface area (Å²) in [4.78, 5) is 24.1. The number of nitrogens with zero attached hydrogens (tertiary/aromatic N) is 1. The topological polar surface area (TPSA) is 46.6 Å². The Bertz CT molecular complexity index is 244. The van der Waals surface area contributed by atoms with Crippen molar-refractivity contribution in [2.75, 3.05) is 13.1 Å². The molecule has 1 atom stereocenters. The largest absolute Gasteiger partial charge is 0.448 e. The highest BCUT2D eigenvalue weighted by Crippen LogP contribution is 2.11. The van der Waals surface area contributed by atoms with E-state index in [9.17, 15) is 9.59 Å². The molecule has 1 aliphatic rings. The first-order valence-corrected chi connectivity index (χ1v) is 4.73. The van der Waals surface area contributed by atoms with Crippen LogP contribution in [-0.4, -0.2) is 36.0 Å². The minimum atomic E-state index is -0.814. The van der Waals surface area contributed by atoms with E-state index in [4.69, 9.17) is 4.74 Å². The number of amides is 1. The van der Waals surface area contributed by atoms with E-state index in [1.807, 2.05) is 0 Å². The standard InChI is InChI=1S/C10H15NO3/c1-3-9(14-8(2)12)10(13)11-6-4-5-7-11/h3,9H,1,4-7H2,2H3/t9-/m1/s1. The maximum Gasteiger partial charge on any atom is 0.303 e. The van der Waals surface area contributed by atoms with Crippen LogP contribution in [0.25, 0.3) is 0 Å². The van der Waals surface area contributed by atoms with E-state index >= 15 is 0 Å². The summed E-state index contributed by atoms with van der Waals surface area (Å²) in [5.41, 5.74) is 0. The molecule has 0 aromatic carbocycles. The van der Waals surface area contributed by atoms with Gasteiger partial charge < -0.3 is 9.64 Å². The molecule has 1 amide bonds. The first-order valence-electron chi connectivity index (χ1n) is 4.73. The van der Waals surface area contributed by atoms with Crippen LogP contribution in [-0.2, 0) is 14.3 Å². The first kappa shape index (κ1) is 10.8. The Balaban J connectivity index is 2.54. The van der Waals surface area contributed by atoms with Crippen LogP contribution in [0.5, 0.6) is 0 Å². The third-order valence-electron chi connectivity index (χ3n) is 2.17. The zero-order valence-electron chi connectivity index (χ0n) is 8.36. The molecule has 0 spiro atoms. The lowest BCUT2D eigenvalue weighted by Gasteiger charge is -2.20. The van der Waals surface area contributed by atoms with E-state index in [-0.39, 0.29) is 5.91 Å². The van der Waals surface area contributed by atoms with Gasteiger partial charge in [-0.1, -0.05) is 6.58 Å². The second-order valence-corrected chi connectivity index (χ2v) is 3.30. The van der Waals surface area contributed by atoms with Crippen LogP contribution < -0.4 is 0 Å². The van der Waals surface area contributed by atoms with Crippen molar-refractivity contribution in [3.8, 4) is 0 Å². The third-order valence-corrected chi connectivity index (χ3v) is 2.17. The maximum atomic E-state index is 11.7. The zero-order valence-corrected chi connectivity index (χ0v) is 8.36. The number of carbonyl (C=O) groups excluding carboxylic acids is 2. The average molecular weight is 197 g/mol. The lowest BCUT2D eigenvalue weighted by molar-refractivity contribution is -0.154. The van der Waals surface area contributed by atoms with E-state index in [1.165, 1.54) is 13.0 Å². The molecule has 0 aliphatic carbocycles. The molecule has 0 N–H and O–H groups in total. The quantitative estimate of drug-likeness (QED) is 0.495. The van der Waals surface area contributed by atoms with Gasteiger partial charge in [-0.05, 0) is 18.9 Å². The second kappa shape index (κ2) is 4.79. The molecule has 0 radical (unpaired) electrons. The van der Waals surface area contributed by atoms with Crippen LogP contribution in [0.3, 0.4) is 0 Å². The van der Waals surface area contributed by atoms with E-state index in [0.29, 0.717) is 0 Å². The Morgan fingerprint density at radius 2 is 2.00 bits per heavy atom. The fraction of sp³-hybridized carbons (Fsp3) is 0.600. The van der Waals surface area contributed by atoms with Gasteiger partial charge in [0.15, 0.2) is 6.10 Å². The second-order valence-electron chi connectivity index (χ2n) is 3.30. The Hall–Kier alpha value is -1.32. The number of ether oxygens (including phenoxy) is 1. The van der Waals surface area contributed by atoms with Crippen LogP contribution in [0.4, 0.5) is 0 Å². The van der Waals surface area contributed by atoms with Gasteiger partial charge in [0, 0.05) is 20.0 Å². The first-order chi connectivity index (χ1) is 6.65. The predicted molar refractivity (Wildman–Crippen MR) is 51.6 cm³/mol. The van der Waals surface area contributed by atoms with Gasteiger partial charge in [0.05, 0.1) is 0 Å². The summed E-state index contributed by atoms with van der Waals surface area (Å²) in [5, 5.41) is 0. The van der Waals surface area contributed by atoms with Crippen molar-refractivity contribution in [2.24, 2.45) is 0 Å². The molecule has 1 fully saturated rings. The average Bonchev–Trinajstić information content (AvgIpc) is 2.65. The van der Waals surface area contributed by atoms with Crippen molar-refractivity contribution < 1.29 is 14.3 Å². The summed E-state index contributed by atoms with van der Waals surface area (Å²) in [6.45, 7) is 6.28. The predicted octanol–water partition coefficient (Wildman–Crippen LogP) is 0.727. The highest BCUT2D eigenvalue weighted by atomic mass is 16.5. The lowest BCUT2D eigenvalue weighted by Crippen LogP contribution is -2.38. The van der Waals surface area contributed by atoms with Crippen molar-refractivity contribution in [3.63, 3.8) is 0 Å². The van der Waals surface area contributed by atoms with Gasteiger partial charge in [0.1, 0.15) is 0 Å². The minimum Gasteiger partial charge on any atom is -0.448 e. The van der Waals surface area contributed by atoms with Gasteiger partial charge in [0.2, 0.25) is 0 Å². The number of carbonyl (C=O) groups is 2. The third kappa shape index (κ3) is 2.58. The Labute approximate surface area is 83.5 Å². The summed E-state index contributed by atoms with van der Waals surface area (Å²) >= 11 is 0. The van der Waals surface area contributed by atoms with Crippen LogP contribution in [0.2, 0.25) is 0 Å². The van der Waals surface area contributed by atoms with Gasteiger partial charge >= 0.3 is 5.97 Å². The molecule has 4 heteroatoms. The molecule has 0 aromatic heterocycles. The maximum absolute atomic E-state index is 11.7. The van der Waals surface area contributed by atoms with Crippen LogP contribution >= 0.6 is 0 Å². The molecule has 0 bridgehead atoms. The fourth-order valence-electron chi connectivity index (χ4n) is 1.50. The molecule has 1 heterocycles. The van der Waals surface area contributed by atoms with Crippen LogP contribution in [0.1, 0.15) is 19.8 Å². The summed E-state index contributed by atoms with van der Waals surface area (Å²) in [7, 11) is 0. The Kier molecular flexibility index (Phi) is 3.68. The summed E-state index contributed by atoms with van der Waals surface area (Å²) in [5.74, 6) is -0.616. The molecule has 0 unspecified atom stereocenters. The minimum absolute atomic E-state index is 0.160. The molecule has 0 aromatic rings. The molecule has 14 heavy (non-hydrogen) atoms. The summed E-state index contributed by atoms with van der Waals surface area (Å²) < 4.78 is 4.83. The summed E-state index contributed by atoms with van der Waals surface area (Å²) in [6.07, 6.45) is 2.60. The van der Waals surface area contributed by atoms with Crippen molar-refractivity contribution in [3.05, 3.63) is 12.7 Å². The van der Waals surface area contributed by atoms with Gasteiger partial charge in [-0.3, -0.25) is 9.59 Å². The molecular weight excluding hydrogens is 182 g/mol. The molecule has 1 aliphatic heterocycles. The van der Waals surface area contributed by atoms with Crippen LogP contribution in [0.15, 0.2) is 12.7 Å². The van der Waals surface area contributed by atoms with E-state index in [2.05, 4.69) is 6.58 Å². The molecule has 1 saturated heterocycles. The SMILES string of the molecule is C=C[C@@H](OC(C)=O)C(=O)N1CCCC1. The van der Waals surface area contributed by atoms with E-state index in [0.717, 1.165) is 25.9 Å². The van der Waals surface area contributed by atoms with Gasteiger partial charge in [-0.25, -0.2) is 0 Å². The van der Waals surface area contributed by atoms with Gasteiger partial charge in [0.25, 0.3) is 5.91 Å². The van der Waals surface area contributed by atoms with E-state index < -0.39 is 12.1 Å². The number of hydrogen-bond donors (Lipinski definition) is 0. The fourth-order valence-corrected chi connectivity index (χ4v) is 1.50. The van der Waals surface area contributed by atoms with Crippen molar-refractivity contribution >= 4 is 11.9 Å². The number of hydrogen-bond acceptors (Lipinski definition) is 3. The smallest absolute Gasteiger partial charge is 0.303 e.